The lowest BCUT2D eigenvalue weighted by atomic mass is 10.0. The number of aromatic nitrogens is 4. The standard InChI is InChI=1S/C23H20FN5OS/c1-16(17-10-12-19(13-11-17)18-6-3-2-4-7-18)25-22(30)15-31-23-26-27-28-29(23)21-9-5-8-20(24)14-21/h2-14,16H,15H2,1H3,(H,25,30)/t16-/m1/s1. The first kappa shape index (κ1) is 20.7. The number of thioether (sulfide) groups is 1. The van der Waals surface area contributed by atoms with Crippen LogP contribution in [0.2, 0.25) is 0 Å². The number of carbonyl (C=O) groups is 1. The van der Waals surface area contributed by atoms with Gasteiger partial charge in [0.2, 0.25) is 11.1 Å². The summed E-state index contributed by atoms with van der Waals surface area (Å²) in [5, 5.41) is 14.9. The average molecular weight is 434 g/mol. The molecule has 0 aliphatic heterocycles. The Morgan fingerprint density at radius 2 is 1.77 bits per heavy atom. The molecule has 0 radical (unpaired) electrons. The molecule has 1 aromatic heterocycles. The Balaban J connectivity index is 1.35. The third-order valence-corrected chi connectivity index (χ3v) is 5.64. The average Bonchev–Trinajstić information content (AvgIpc) is 3.27. The number of nitrogens with zero attached hydrogens (tertiary/aromatic N) is 4. The van der Waals surface area contributed by atoms with E-state index in [-0.39, 0.29) is 23.5 Å². The summed E-state index contributed by atoms with van der Waals surface area (Å²) in [4.78, 5) is 12.4. The second kappa shape index (κ2) is 9.53. The van der Waals surface area contributed by atoms with Crippen LogP contribution in [0.3, 0.4) is 0 Å². The van der Waals surface area contributed by atoms with E-state index in [1.807, 2.05) is 37.3 Å². The number of hydrogen-bond donors (Lipinski definition) is 1. The van der Waals surface area contributed by atoms with Gasteiger partial charge < -0.3 is 5.32 Å². The van der Waals surface area contributed by atoms with Crippen molar-refractivity contribution in [1.82, 2.24) is 25.5 Å². The number of halogens is 1. The molecule has 0 unspecified atom stereocenters. The van der Waals surface area contributed by atoms with E-state index < -0.39 is 0 Å². The topological polar surface area (TPSA) is 72.7 Å². The summed E-state index contributed by atoms with van der Waals surface area (Å²) < 4.78 is 14.9. The van der Waals surface area contributed by atoms with E-state index in [0.717, 1.165) is 16.7 Å². The SMILES string of the molecule is C[C@@H](NC(=O)CSc1nnnn1-c1cccc(F)c1)c1ccc(-c2ccccc2)cc1. The third-order valence-electron chi connectivity index (χ3n) is 4.72. The van der Waals surface area contributed by atoms with Gasteiger partial charge in [0.25, 0.3) is 0 Å². The van der Waals surface area contributed by atoms with Crippen LogP contribution in [0.25, 0.3) is 16.8 Å². The summed E-state index contributed by atoms with van der Waals surface area (Å²) in [6.45, 7) is 1.94. The molecule has 0 aliphatic carbocycles. The summed E-state index contributed by atoms with van der Waals surface area (Å²) in [7, 11) is 0. The molecule has 0 spiro atoms. The molecule has 4 aromatic rings. The summed E-state index contributed by atoms with van der Waals surface area (Å²) in [5.41, 5.74) is 3.79. The zero-order valence-electron chi connectivity index (χ0n) is 16.8. The van der Waals surface area contributed by atoms with E-state index in [9.17, 15) is 9.18 Å². The van der Waals surface area contributed by atoms with Gasteiger partial charge in [-0.1, -0.05) is 72.4 Å². The van der Waals surface area contributed by atoms with E-state index in [2.05, 4.69) is 45.1 Å². The van der Waals surface area contributed by atoms with Crippen LogP contribution >= 0.6 is 11.8 Å². The molecular formula is C23H20FN5OS. The van der Waals surface area contributed by atoms with Gasteiger partial charge in [-0.2, -0.15) is 4.68 Å². The first-order valence-electron chi connectivity index (χ1n) is 9.72. The van der Waals surface area contributed by atoms with Gasteiger partial charge >= 0.3 is 0 Å². The largest absolute Gasteiger partial charge is 0.349 e. The number of nitrogens with one attached hydrogen (secondary N) is 1. The van der Waals surface area contributed by atoms with Crippen LogP contribution in [0.4, 0.5) is 4.39 Å². The number of amides is 1. The molecule has 31 heavy (non-hydrogen) atoms. The minimum Gasteiger partial charge on any atom is -0.349 e. The fourth-order valence-corrected chi connectivity index (χ4v) is 3.83. The Morgan fingerprint density at radius 3 is 2.52 bits per heavy atom. The predicted molar refractivity (Wildman–Crippen MR) is 118 cm³/mol. The van der Waals surface area contributed by atoms with Crippen molar-refractivity contribution < 1.29 is 9.18 Å². The zero-order chi connectivity index (χ0) is 21.6. The van der Waals surface area contributed by atoms with Crippen molar-refractivity contribution >= 4 is 17.7 Å². The zero-order valence-corrected chi connectivity index (χ0v) is 17.6. The van der Waals surface area contributed by atoms with Crippen molar-refractivity contribution in [3.05, 3.63) is 90.2 Å². The molecule has 1 atom stereocenters. The van der Waals surface area contributed by atoms with Crippen LogP contribution < -0.4 is 5.32 Å². The first-order chi connectivity index (χ1) is 15.1. The summed E-state index contributed by atoms with van der Waals surface area (Å²) in [6, 6.07) is 24.1. The molecule has 4 rings (SSSR count). The lowest BCUT2D eigenvalue weighted by Gasteiger charge is -2.15. The summed E-state index contributed by atoms with van der Waals surface area (Å²) in [6.07, 6.45) is 0. The van der Waals surface area contributed by atoms with Crippen LogP contribution in [0.15, 0.2) is 84.0 Å². The van der Waals surface area contributed by atoms with Gasteiger partial charge in [0.05, 0.1) is 17.5 Å². The Morgan fingerprint density at radius 1 is 1.03 bits per heavy atom. The fraction of sp³-hybridized carbons (Fsp3) is 0.130. The van der Waals surface area contributed by atoms with Gasteiger partial charge in [0.15, 0.2) is 0 Å². The maximum absolute atomic E-state index is 13.5. The van der Waals surface area contributed by atoms with Crippen molar-refractivity contribution in [3.8, 4) is 16.8 Å². The van der Waals surface area contributed by atoms with Gasteiger partial charge in [-0.05, 0) is 52.2 Å². The van der Waals surface area contributed by atoms with Crippen molar-refractivity contribution in [2.75, 3.05) is 5.75 Å². The molecule has 0 fully saturated rings. The van der Waals surface area contributed by atoms with Crippen LogP contribution in [-0.2, 0) is 4.79 Å². The highest BCUT2D eigenvalue weighted by Gasteiger charge is 2.14. The first-order valence-corrected chi connectivity index (χ1v) is 10.7. The van der Waals surface area contributed by atoms with Crippen LogP contribution in [0, 0.1) is 5.82 Å². The van der Waals surface area contributed by atoms with Crippen LogP contribution in [-0.4, -0.2) is 31.9 Å². The lowest BCUT2D eigenvalue weighted by molar-refractivity contribution is -0.119. The highest BCUT2D eigenvalue weighted by Crippen LogP contribution is 2.22. The molecular weight excluding hydrogens is 413 g/mol. The highest BCUT2D eigenvalue weighted by atomic mass is 32.2. The third kappa shape index (κ3) is 5.16. The molecule has 156 valence electrons. The van der Waals surface area contributed by atoms with E-state index in [4.69, 9.17) is 0 Å². The fourth-order valence-electron chi connectivity index (χ4n) is 3.13. The molecule has 8 heteroatoms. The number of rotatable bonds is 7. The maximum atomic E-state index is 13.5. The van der Waals surface area contributed by atoms with Crippen molar-refractivity contribution in [2.45, 2.75) is 18.1 Å². The van der Waals surface area contributed by atoms with E-state index in [1.165, 1.54) is 28.6 Å². The van der Waals surface area contributed by atoms with Crippen molar-refractivity contribution in [1.29, 1.82) is 0 Å². The molecule has 3 aromatic carbocycles. The second-order valence-corrected chi connectivity index (χ2v) is 7.86. The molecule has 1 heterocycles. The molecule has 6 nitrogen and oxygen atoms in total. The van der Waals surface area contributed by atoms with Gasteiger partial charge in [-0.25, -0.2) is 4.39 Å². The summed E-state index contributed by atoms with van der Waals surface area (Å²) in [5.74, 6) is -0.380. The van der Waals surface area contributed by atoms with Gasteiger partial charge in [0.1, 0.15) is 5.82 Å². The molecule has 0 aliphatic rings. The number of tetrazole rings is 1. The van der Waals surface area contributed by atoms with E-state index >= 15 is 0 Å². The van der Waals surface area contributed by atoms with Crippen molar-refractivity contribution in [3.63, 3.8) is 0 Å². The normalized spacial score (nSPS) is 11.8. The van der Waals surface area contributed by atoms with Crippen molar-refractivity contribution in [2.24, 2.45) is 0 Å². The van der Waals surface area contributed by atoms with Gasteiger partial charge in [-0.3, -0.25) is 4.79 Å². The van der Waals surface area contributed by atoms with Gasteiger partial charge in [0, 0.05) is 0 Å². The van der Waals surface area contributed by atoms with E-state index in [0.29, 0.717) is 10.8 Å². The molecule has 0 bridgehead atoms. The Labute approximate surface area is 183 Å². The summed E-state index contributed by atoms with van der Waals surface area (Å²) >= 11 is 1.19. The second-order valence-electron chi connectivity index (χ2n) is 6.92. The Bertz CT molecular complexity index is 1160. The Hall–Kier alpha value is -3.52. The molecule has 1 amide bonds. The number of hydrogen-bond acceptors (Lipinski definition) is 5. The minimum absolute atomic E-state index is 0.140. The quantitative estimate of drug-likeness (QED) is 0.436. The monoisotopic (exact) mass is 433 g/mol. The smallest absolute Gasteiger partial charge is 0.230 e. The predicted octanol–water partition coefficient (Wildman–Crippen LogP) is 4.44. The molecule has 1 N–H and O–H groups in total. The van der Waals surface area contributed by atoms with Crippen LogP contribution in [0.5, 0.6) is 0 Å². The van der Waals surface area contributed by atoms with Crippen LogP contribution in [0.1, 0.15) is 18.5 Å². The minimum atomic E-state index is -0.381. The number of benzene rings is 3. The highest BCUT2D eigenvalue weighted by molar-refractivity contribution is 7.99. The van der Waals surface area contributed by atoms with Gasteiger partial charge in [-0.15, -0.1) is 5.10 Å². The number of carbonyl (C=O) groups excluding carboxylic acids is 1. The lowest BCUT2D eigenvalue weighted by Crippen LogP contribution is -2.28. The maximum Gasteiger partial charge on any atom is 0.230 e. The Kier molecular flexibility index (Phi) is 6.37. The van der Waals surface area contributed by atoms with E-state index in [1.54, 1.807) is 12.1 Å². The molecule has 0 saturated carbocycles. The molecule has 0 saturated heterocycles.